The zero-order valence-corrected chi connectivity index (χ0v) is 13.8. The second-order valence-corrected chi connectivity index (χ2v) is 6.00. The number of hydrogen-bond donors (Lipinski definition) is 1. The minimum atomic E-state index is 0.583. The molecule has 116 valence electrons. The van der Waals surface area contributed by atoms with Crippen LogP contribution in [0.2, 0.25) is 0 Å². The molecule has 0 fully saturated rings. The molecule has 1 heterocycles. The van der Waals surface area contributed by atoms with E-state index in [0.29, 0.717) is 22.5 Å². The largest absolute Gasteiger partial charge is 0.493 e. The van der Waals surface area contributed by atoms with Crippen LogP contribution < -0.4 is 19.5 Å². The first-order valence-electron chi connectivity index (χ1n) is 7.00. The van der Waals surface area contributed by atoms with Crippen LogP contribution in [0.1, 0.15) is 19.8 Å². The van der Waals surface area contributed by atoms with Crippen LogP contribution in [0.15, 0.2) is 17.1 Å². The lowest BCUT2D eigenvalue weighted by Crippen LogP contribution is -2.08. The summed E-state index contributed by atoms with van der Waals surface area (Å²) in [7, 11) is 4.82. The van der Waals surface area contributed by atoms with Gasteiger partial charge in [0.1, 0.15) is 0 Å². The Morgan fingerprint density at radius 2 is 1.86 bits per heavy atom. The lowest BCUT2D eigenvalue weighted by Gasteiger charge is -2.15. The standard InChI is InChI=1S/C15H22N2O3S/c1-5-6-11-9-16-15(21-11)17-10-7-12(18-2)14(20-4)13(8-10)19-3/h7-8,11H,5-6,9H2,1-4H3,(H,16,17). The molecule has 0 radical (unpaired) electrons. The number of thioether (sulfide) groups is 1. The van der Waals surface area contributed by atoms with Crippen molar-refractivity contribution in [3.63, 3.8) is 0 Å². The van der Waals surface area contributed by atoms with Crippen molar-refractivity contribution >= 4 is 22.6 Å². The smallest absolute Gasteiger partial charge is 0.203 e. The zero-order valence-electron chi connectivity index (χ0n) is 12.9. The van der Waals surface area contributed by atoms with Gasteiger partial charge in [0.15, 0.2) is 16.7 Å². The van der Waals surface area contributed by atoms with Crippen LogP contribution in [0.5, 0.6) is 17.2 Å². The number of anilines is 1. The summed E-state index contributed by atoms with van der Waals surface area (Å²) in [6.45, 7) is 3.08. The molecule has 0 aliphatic carbocycles. The summed E-state index contributed by atoms with van der Waals surface area (Å²) in [5, 5.41) is 4.86. The normalized spacial score (nSPS) is 17.3. The summed E-state index contributed by atoms with van der Waals surface area (Å²) in [6, 6.07) is 3.77. The number of rotatable bonds is 6. The number of amidine groups is 1. The Labute approximate surface area is 130 Å². The highest BCUT2D eigenvalue weighted by atomic mass is 32.2. The quantitative estimate of drug-likeness (QED) is 0.873. The molecule has 1 aromatic carbocycles. The van der Waals surface area contributed by atoms with Crippen LogP contribution in [0.25, 0.3) is 0 Å². The summed E-state index contributed by atoms with van der Waals surface area (Å²) in [4.78, 5) is 4.54. The molecule has 2 rings (SSSR count). The second kappa shape index (κ2) is 7.45. The first-order chi connectivity index (χ1) is 10.2. The Bertz CT molecular complexity index is 495. The summed E-state index contributed by atoms with van der Waals surface area (Å²) in [5.41, 5.74) is 0.882. The van der Waals surface area contributed by atoms with E-state index in [4.69, 9.17) is 14.2 Å². The van der Waals surface area contributed by atoms with Crippen molar-refractivity contribution in [1.29, 1.82) is 0 Å². The maximum absolute atomic E-state index is 5.35. The van der Waals surface area contributed by atoms with Crippen molar-refractivity contribution in [2.24, 2.45) is 4.99 Å². The fraction of sp³-hybridized carbons (Fsp3) is 0.533. The highest BCUT2D eigenvalue weighted by molar-refractivity contribution is 8.15. The molecule has 1 aliphatic heterocycles. The Balaban J connectivity index is 2.14. The highest BCUT2D eigenvalue weighted by Gasteiger charge is 2.20. The van der Waals surface area contributed by atoms with Crippen molar-refractivity contribution < 1.29 is 14.2 Å². The molecule has 0 saturated carbocycles. The summed E-state index contributed by atoms with van der Waals surface area (Å²) in [6.07, 6.45) is 2.37. The van der Waals surface area contributed by atoms with Gasteiger partial charge in [-0.05, 0) is 6.42 Å². The number of aliphatic imine (C=N–C) groups is 1. The Morgan fingerprint density at radius 1 is 1.19 bits per heavy atom. The van der Waals surface area contributed by atoms with Crippen molar-refractivity contribution in [2.45, 2.75) is 25.0 Å². The molecule has 0 amide bonds. The van der Waals surface area contributed by atoms with E-state index in [9.17, 15) is 0 Å². The van der Waals surface area contributed by atoms with Gasteiger partial charge in [-0.25, -0.2) is 0 Å². The summed E-state index contributed by atoms with van der Waals surface area (Å²) in [5.74, 6) is 1.86. The minimum Gasteiger partial charge on any atom is -0.493 e. The number of benzene rings is 1. The number of nitrogens with zero attached hydrogens (tertiary/aromatic N) is 1. The van der Waals surface area contributed by atoms with E-state index in [1.54, 1.807) is 33.1 Å². The molecule has 0 aromatic heterocycles. The van der Waals surface area contributed by atoms with Crippen molar-refractivity contribution in [2.75, 3.05) is 33.2 Å². The van der Waals surface area contributed by atoms with Gasteiger partial charge in [0, 0.05) is 23.1 Å². The minimum absolute atomic E-state index is 0.583. The first-order valence-corrected chi connectivity index (χ1v) is 7.87. The van der Waals surface area contributed by atoms with Crippen LogP contribution in [0.3, 0.4) is 0 Å². The monoisotopic (exact) mass is 310 g/mol. The van der Waals surface area contributed by atoms with E-state index in [2.05, 4.69) is 17.2 Å². The third kappa shape index (κ3) is 3.75. The fourth-order valence-electron chi connectivity index (χ4n) is 2.24. The molecule has 0 bridgehead atoms. The molecule has 1 N–H and O–H groups in total. The summed E-state index contributed by atoms with van der Waals surface area (Å²) >= 11 is 1.79. The predicted molar refractivity (Wildman–Crippen MR) is 88.3 cm³/mol. The average molecular weight is 310 g/mol. The van der Waals surface area contributed by atoms with Crippen molar-refractivity contribution in [3.05, 3.63) is 12.1 Å². The fourth-order valence-corrected chi connectivity index (χ4v) is 3.38. The van der Waals surface area contributed by atoms with E-state index in [0.717, 1.165) is 17.4 Å². The van der Waals surface area contributed by atoms with Gasteiger partial charge in [-0.3, -0.25) is 4.99 Å². The van der Waals surface area contributed by atoms with Gasteiger partial charge in [0.25, 0.3) is 0 Å². The van der Waals surface area contributed by atoms with Gasteiger partial charge in [-0.15, -0.1) is 0 Å². The van der Waals surface area contributed by atoms with Gasteiger partial charge in [-0.1, -0.05) is 25.1 Å². The molecule has 1 atom stereocenters. The van der Waals surface area contributed by atoms with Gasteiger partial charge in [0.05, 0.1) is 27.9 Å². The van der Waals surface area contributed by atoms with Gasteiger partial charge in [-0.2, -0.15) is 0 Å². The van der Waals surface area contributed by atoms with Crippen molar-refractivity contribution in [3.8, 4) is 17.2 Å². The van der Waals surface area contributed by atoms with E-state index in [1.165, 1.54) is 12.8 Å². The molecular formula is C15H22N2O3S. The lowest BCUT2D eigenvalue weighted by molar-refractivity contribution is 0.324. The van der Waals surface area contributed by atoms with E-state index < -0.39 is 0 Å². The number of ether oxygens (including phenoxy) is 3. The van der Waals surface area contributed by atoms with E-state index in [1.807, 2.05) is 12.1 Å². The Kier molecular flexibility index (Phi) is 5.61. The van der Waals surface area contributed by atoms with Gasteiger partial charge < -0.3 is 19.5 Å². The first kappa shape index (κ1) is 15.8. The van der Waals surface area contributed by atoms with E-state index >= 15 is 0 Å². The van der Waals surface area contributed by atoms with Gasteiger partial charge >= 0.3 is 0 Å². The zero-order chi connectivity index (χ0) is 15.2. The van der Waals surface area contributed by atoms with Crippen LogP contribution >= 0.6 is 11.8 Å². The molecule has 1 unspecified atom stereocenters. The number of nitrogens with one attached hydrogen (secondary N) is 1. The van der Waals surface area contributed by atoms with Gasteiger partial charge in [0.2, 0.25) is 5.75 Å². The molecule has 0 spiro atoms. The molecule has 21 heavy (non-hydrogen) atoms. The second-order valence-electron chi connectivity index (χ2n) is 4.71. The van der Waals surface area contributed by atoms with Crippen LogP contribution in [-0.2, 0) is 0 Å². The maximum atomic E-state index is 5.35. The summed E-state index contributed by atoms with van der Waals surface area (Å²) < 4.78 is 16.0. The lowest BCUT2D eigenvalue weighted by atomic mass is 10.2. The number of hydrogen-bond acceptors (Lipinski definition) is 6. The van der Waals surface area contributed by atoms with E-state index in [-0.39, 0.29) is 0 Å². The molecular weight excluding hydrogens is 288 g/mol. The topological polar surface area (TPSA) is 52.1 Å². The molecule has 1 aromatic rings. The third-order valence-electron chi connectivity index (χ3n) is 3.24. The Hall–Kier alpha value is -1.56. The molecule has 6 heteroatoms. The molecule has 5 nitrogen and oxygen atoms in total. The molecule has 1 aliphatic rings. The third-order valence-corrected chi connectivity index (χ3v) is 4.42. The van der Waals surface area contributed by atoms with Crippen molar-refractivity contribution in [1.82, 2.24) is 0 Å². The molecule has 0 saturated heterocycles. The number of methoxy groups -OCH3 is 3. The predicted octanol–water partition coefficient (Wildman–Crippen LogP) is 3.40. The highest BCUT2D eigenvalue weighted by Crippen LogP contribution is 2.40. The average Bonchev–Trinajstić information content (AvgIpc) is 2.93. The Morgan fingerprint density at radius 3 is 2.38 bits per heavy atom. The van der Waals surface area contributed by atoms with Crippen LogP contribution in [-0.4, -0.2) is 38.3 Å². The van der Waals surface area contributed by atoms with Crippen LogP contribution in [0, 0.1) is 0 Å². The maximum Gasteiger partial charge on any atom is 0.203 e. The SMILES string of the molecule is CCCC1CN=C(Nc2cc(OC)c(OC)c(OC)c2)S1. The van der Waals surface area contributed by atoms with Crippen LogP contribution in [0.4, 0.5) is 5.69 Å².